The average Bonchev–Trinajstić information content (AvgIpc) is 2.99. The van der Waals surface area contributed by atoms with Gasteiger partial charge in [-0.3, -0.25) is 0 Å². The van der Waals surface area contributed by atoms with Crippen LogP contribution in [0, 0.1) is 0 Å². The molecule has 1 aliphatic carbocycles. The van der Waals surface area contributed by atoms with Gasteiger partial charge in [-0.2, -0.15) is 0 Å². The summed E-state index contributed by atoms with van der Waals surface area (Å²) in [6.07, 6.45) is 3.90. The summed E-state index contributed by atoms with van der Waals surface area (Å²) in [6, 6.07) is 10.8. The van der Waals surface area contributed by atoms with E-state index in [9.17, 15) is 0 Å². The maximum Gasteiger partial charge on any atom is 0.0188 e. The van der Waals surface area contributed by atoms with Crippen LogP contribution in [0.3, 0.4) is 0 Å². The molecule has 1 heteroatoms. The number of benzene rings is 1. The zero-order valence-corrected chi connectivity index (χ0v) is 10.0. The predicted molar refractivity (Wildman–Crippen MR) is 65.1 cm³/mol. The lowest BCUT2D eigenvalue weighted by atomic mass is 9.78. The van der Waals surface area contributed by atoms with Crippen LogP contribution in [0.2, 0.25) is 0 Å². The van der Waals surface area contributed by atoms with Crippen molar-refractivity contribution in [2.45, 2.75) is 44.1 Å². The molecule has 1 aromatic rings. The molecule has 0 amide bonds. The van der Waals surface area contributed by atoms with Crippen molar-refractivity contribution in [3.63, 3.8) is 0 Å². The van der Waals surface area contributed by atoms with Gasteiger partial charge >= 0.3 is 0 Å². The zero-order chi connectivity index (χ0) is 10.9. The third kappa shape index (κ3) is 2.23. The molecule has 82 valence electrons. The minimum atomic E-state index is 0.279. The number of rotatable bonds is 4. The van der Waals surface area contributed by atoms with Crippen molar-refractivity contribution >= 4 is 0 Å². The van der Waals surface area contributed by atoms with E-state index in [0.29, 0.717) is 5.54 Å². The molecule has 2 rings (SSSR count). The van der Waals surface area contributed by atoms with E-state index in [4.69, 9.17) is 0 Å². The molecule has 0 atom stereocenters. The first-order valence-corrected chi connectivity index (χ1v) is 5.82. The summed E-state index contributed by atoms with van der Waals surface area (Å²) in [6.45, 7) is 4.69. The molecule has 0 saturated heterocycles. The van der Waals surface area contributed by atoms with E-state index in [-0.39, 0.29) is 5.41 Å². The van der Waals surface area contributed by atoms with Crippen LogP contribution in [0.25, 0.3) is 0 Å². The van der Waals surface area contributed by atoms with Crippen LogP contribution in [-0.2, 0) is 5.41 Å². The summed E-state index contributed by atoms with van der Waals surface area (Å²) >= 11 is 0. The Labute approximate surface area is 92.9 Å². The van der Waals surface area contributed by atoms with Gasteiger partial charge in [0.1, 0.15) is 0 Å². The SMILES string of the molecule is CNC1(CC(C)(C)c2ccccc2)CC1. The normalized spacial score (nSPS) is 18.9. The van der Waals surface area contributed by atoms with Gasteiger partial charge in [0.2, 0.25) is 0 Å². The third-order valence-corrected chi connectivity index (χ3v) is 3.72. The first kappa shape index (κ1) is 10.7. The zero-order valence-electron chi connectivity index (χ0n) is 10.0. The van der Waals surface area contributed by atoms with Crippen LogP contribution in [0.15, 0.2) is 30.3 Å². The first-order valence-electron chi connectivity index (χ1n) is 5.82. The standard InChI is InChI=1S/C14H21N/c1-13(2,11-14(15-3)9-10-14)12-7-5-4-6-8-12/h4-8,15H,9-11H2,1-3H3. The summed E-state index contributed by atoms with van der Waals surface area (Å²) in [4.78, 5) is 0. The molecule has 1 N–H and O–H groups in total. The fourth-order valence-electron chi connectivity index (χ4n) is 2.50. The number of nitrogens with one attached hydrogen (secondary N) is 1. The van der Waals surface area contributed by atoms with E-state index in [0.717, 1.165) is 0 Å². The maximum absolute atomic E-state index is 3.48. The summed E-state index contributed by atoms with van der Waals surface area (Å²) in [7, 11) is 2.09. The minimum Gasteiger partial charge on any atom is -0.314 e. The van der Waals surface area contributed by atoms with Gasteiger partial charge in [-0.1, -0.05) is 44.2 Å². The van der Waals surface area contributed by atoms with Crippen LogP contribution < -0.4 is 5.32 Å². The van der Waals surface area contributed by atoms with Crippen LogP contribution in [0.5, 0.6) is 0 Å². The maximum atomic E-state index is 3.48. The van der Waals surface area contributed by atoms with E-state index >= 15 is 0 Å². The topological polar surface area (TPSA) is 12.0 Å². The van der Waals surface area contributed by atoms with Crippen LogP contribution in [0.4, 0.5) is 0 Å². The minimum absolute atomic E-state index is 0.279. The summed E-state index contributed by atoms with van der Waals surface area (Å²) < 4.78 is 0. The average molecular weight is 203 g/mol. The Kier molecular flexibility index (Phi) is 2.59. The second-order valence-corrected chi connectivity index (χ2v) is 5.46. The lowest BCUT2D eigenvalue weighted by Gasteiger charge is -2.30. The molecule has 1 fully saturated rings. The van der Waals surface area contributed by atoms with Gasteiger partial charge in [0.15, 0.2) is 0 Å². The van der Waals surface area contributed by atoms with Crippen LogP contribution >= 0.6 is 0 Å². The van der Waals surface area contributed by atoms with Crippen molar-refractivity contribution in [2.75, 3.05) is 7.05 Å². The van der Waals surface area contributed by atoms with Crippen molar-refractivity contribution in [1.82, 2.24) is 5.32 Å². The molecule has 1 aromatic carbocycles. The Bertz CT molecular complexity index is 322. The number of hydrogen-bond donors (Lipinski definition) is 1. The summed E-state index contributed by atoms with van der Waals surface area (Å²) in [5.74, 6) is 0. The van der Waals surface area contributed by atoms with Crippen molar-refractivity contribution in [2.24, 2.45) is 0 Å². The fraction of sp³-hybridized carbons (Fsp3) is 0.571. The van der Waals surface area contributed by atoms with Crippen LogP contribution in [0.1, 0.15) is 38.7 Å². The van der Waals surface area contributed by atoms with E-state index in [1.807, 2.05) is 0 Å². The van der Waals surface area contributed by atoms with Crippen molar-refractivity contribution in [3.8, 4) is 0 Å². The molecule has 0 heterocycles. The highest BCUT2D eigenvalue weighted by Gasteiger charge is 2.45. The molecule has 0 unspecified atom stereocenters. The Morgan fingerprint density at radius 1 is 1.20 bits per heavy atom. The lowest BCUT2D eigenvalue weighted by molar-refractivity contribution is 0.374. The Morgan fingerprint density at radius 3 is 2.27 bits per heavy atom. The molecule has 0 radical (unpaired) electrons. The summed E-state index contributed by atoms with van der Waals surface area (Å²) in [5, 5.41) is 3.48. The van der Waals surface area contributed by atoms with Crippen molar-refractivity contribution in [1.29, 1.82) is 0 Å². The van der Waals surface area contributed by atoms with Gasteiger partial charge in [0.05, 0.1) is 0 Å². The van der Waals surface area contributed by atoms with E-state index in [2.05, 4.69) is 56.5 Å². The van der Waals surface area contributed by atoms with Crippen molar-refractivity contribution < 1.29 is 0 Å². The van der Waals surface area contributed by atoms with Crippen molar-refractivity contribution in [3.05, 3.63) is 35.9 Å². The molecule has 0 spiro atoms. The fourth-order valence-corrected chi connectivity index (χ4v) is 2.50. The lowest BCUT2D eigenvalue weighted by Crippen LogP contribution is -2.35. The molecule has 0 aliphatic heterocycles. The van der Waals surface area contributed by atoms with Crippen LogP contribution in [-0.4, -0.2) is 12.6 Å². The Hall–Kier alpha value is -0.820. The van der Waals surface area contributed by atoms with E-state index in [1.54, 1.807) is 0 Å². The molecule has 1 saturated carbocycles. The Morgan fingerprint density at radius 2 is 1.80 bits per heavy atom. The Balaban J connectivity index is 2.13. The number of hydrogen-bond acceptors (Lipinski definition) is 1. The molecule has 0 aromatic heterocycles. The van der Waals surface area contributed by atoms with Gasteiger partial charge in [-0.25, -0.2) is 0 Å². The van der Waals surface area contributed by atoms with E-state index < -0.39 is 0 Å². The third-order valence-electron chi connectivity index (χ3n) is 3.72. The smallest absolute Gasteiger partial charge is 0.0188 e. The second kappa shape index (κ2) is 3.64. The highest BCUT2D eigenvalue weighted by Crippen LogP contribution is 2.45. The van der Waals surface area contributed by atoms with Gasteiger partial charge in [0, 0.05) is 5.54 Å². The van der Waals surface area contributed by atoms with Gasteiger partial charge in [-0.05, 0) is 37.3 Å². The van der Waals surface area contributed by atoms with Gasteiger partial charge in [0.25, 0.3) is 0 Å². The second-order valence-electron chi connectivity index (χ2n) is 5.46. The molecule has 0 bridgehead atoms. The van der Waals surface area contributed by atoms with Gasteiger partial charge < -0.3 is 5.32 Å². The largest absolute Gasteiger partial charge is 0.314 e. The molecule has 1 aliphatic rings. The highest BCUT2D eigenvalue weighted by molar-refractivity contribution is 5.25. The monoisotopic (exact) mass is 203 g/mol. The molecule has 1 nitrogen and oxygen atoms in total. The van der Waals surface area contributed by atoms with Gasteiger partial charge in [-0.15, -0.1) is 0 Å². The van der Waals surface area contributed by atoms with E-state index in [1.165, 1.54) is 24.8 Å². The quantitative estimate of drug-likeness (QED) is 0.793. The molecule has 15 heavy (non-hydrogen) atoms. The summed E-state index contributed by atoms with van der Waals surface area (Å²) in [5.41, 5.74) is 2.16. The molecular formula is C14H21N. The first-order chi connectivity index (χ1) is 7.08. The predicted octanol–water partition coefficient (Wildman–Crippen LogP) is 3.11. The molecular weight excluding hydrogens is 182 g/mol. The highest BCUT2D eigenvalue weighted by atomic mass is 15.0.